The third-order valence-electron chi connectivity index (χ3n) is 4.39. The van der Waals surface area contributed by atoms with E-state index < -0.39 is 11.1 Å². The van der Waals surface area contributed by atoms with Crippen molar-refractivity contribution in [3.05, 3.63) is 34.9 Å². The minimum atomic E-state index is -0.546. The molecule has 0 saturated heterocycles. The van der Waals surface area contributed by atoms with Gasteiger partial charge >= 0.3 is 0 Å². The van der Waals surface area contributed by atoms with Gasteiger partial charge in [0.2, 0.25) is 5.91 Å². The van der Waals surface area contributed by atoms with Gasteiger partial charge in [-0.15, -0.1) is 10.2 Å². The molecule has 0 spiro atoms. The third kappa shape index (κ3) is 3.67. The van der Waals surface area contributed by atoms with E-state index in [0.29, 0.717) is 17.0 Å². The molecule has 2 fully saturated rings. The summed E-state index contributed by atoms with van der Waals surface area (Å²) < 4.78 is 16.0. The van der Waals surface area contributed by atoms with Crippen LogP contribution < -0.4 is 5.32 Å². The fourth-order valence-corrected chi connectivity index (χ4v) is 3.79. The molecule has 1 aromatic heterocycles. The lowest BCUT2D eigenvalue weighted by Crippen LogP contribution is -2.23. The van der Waals surface area contributed by atoms with Crippen molar-refractivity contribution in [2.75, 3.05) is 5.32 Å². The second-order valence-corrected chi connectivity index (χ2v) is 8.33. The average molecular weight is 381 g/mol. The van der Waals surface area contributed by atoms with Crippen molar-refractivity contribution in [3.8, 4) is 0 Å². The van der Waals surface area contributed by atoms with E-state index in [2.05, 4.69) is 20.1 Å². The average Bonchev–Trinajstić information content (AvgIpc) is 3.49. The number of halogens is 2. The molecule has 8 heteroatoms. The zero-order valence-corrected chi connectivity index (χ0v) is 15.3. The molecular weight excluding hydrogens is 363 g/mol. The number of amides is 1. The van der Waals surface area contributed by atoms with Gasteiger partial charge in [-0.2, -0.15) is 0 Å². The number of nitrogens with one attached hydrogen (secondary N) is 1. The van der Waals surface area contributed by atoms with Crippen molar-refractivity contribution >= 4 is 35.0 Å². The minimum Gasteiger partial charge on any atom is -0.323 e. The molecule has 0 aliphatic heterocycles. The molecule has 0 bridgehead atoms. The summed E-state index contributed by atoms with van der Waals surface area (Å²) in [4.78, 5) is 12.4. The summed E-state index contributed by atoms with van der Waals surface area (Å²) in [5, 5.41) is 11.9. The van der Waals surface area contributed by atoms with Gasteiger partial charge in [0.25, 0.3) is 0 Å². The summed E-state index contributed by atoms with van der Waals surface area (Å²) in [6.07, 6.45) is 4.62. The van der Waals surface area contributed by atoms with Crippen LogP contribution in [0.5, 0.6) is 0 Å². The number of nitrogens with zero attached hydrogens (tertiary/aromatic N) is 3. The molecule has 1 amide bonds. The van der Waals surface area contributed by atoms with Crippen LogP contribution in [0.15, 0.2) is 23.4 Å². The smallest absolute Gasteiger partial charge is 0.237 e. The van der Waals surface area contributed by atoms with Gasteiger partial charge in [-0.05, 0) is 50.8 Å². The first kappa shape index (κ1) is 16.8. The molecule has 0 unspecified atom stereocenters. The van der Waals surface area contributed by atoms with Gasteiger partial charge in [-0.25, -0.2) is 4.39 Å². The molecule has 1 heterocycles. The molecule has 1 atom stereocenters. The van der Waals surface area contributed by atoms with Gasteiger partial charge < -0.3 is 9.88 Å². The molecule has 25 heavy (non-hydrogen) atoms. The van der Waals surface area contributed by atoms with Crippen molar-refractivity contribution in [2.45, 2.75) is 55.0 Å². The Morgan fingerprint density at radius 3 is 2.76 bits per heavy atom. The summed E-state index contributed by atoms with van der Waals surface area (Å²) >= 11 is 7.10. The molecule has 1 aromatic carbocycles. The van der Waals surface area contributed by atoms with Crippen LogP contribution in [0.25, 0.3) is 0 Å². The number of carbonyl (C=O) groups excluding carboxylic acids is 1. The first-order chi connectivity index (χ1) is 12.0. The molecule has 2 saturated carbocycles. The highest BCUT2D eigenvalue weighted by Gasteiger charge is 2.37. The number of anilines is 1. The monoisotopic (exact) mass is 380 g/mol. The van der Waals surface area contributed by atoms with Crippen LogP contribution in [-0.2, 0) is 4.79 Å². The highest BCUT2D eigenvalue weighted by molar-refractivity contribution is 8.00. The zero-order chi connectivity index (χ0) is 17.6. The van der Waals surface area contributed by atoms with Crippen LogP contribution in [0.1, 0.15) is 50.4 Å². The van der Waals surface area contributed by atoms with E-state index in [1.807, 2.05) is 0 Å². The van der Waals surface area contributed by atoms with E-state index in [-0.39, 0.29) is 11.6 Å². The van der Waals surface area contributed by atoms with E-state index in [1.54, 1.807) is 13.0 Å². The van der Waals surface area contributed by atoms with Crippen molar-refractivity contribution in [2.24, 2.45) is 0 Å². The van der Waals surface area contributed by atoms with Crippen molar-refractivity contribution in [1.29, 1.82) is 0 Å². The number of aromatic nitrogens is 3. The number of hydrogen-bond acceptors (Lipinski definition) is 4. The van der Waals surface area contributed by atoms with Gasteiger partial charge in [-0.1, -0.05) is 23.4 Å². The topological polar surface area (TPSA) is 59.8 Å². The van der Waals surface area contributed by atoms with Gasteiger partial charge in [0.1, 0.15) is 11.6 Å². The Hall–Kier alpha value is -1.60. The predicted octanol–water partition coefficient (Wildman–Crippen LogP) is 4.40. The van der Waals surface area contributed by atoms with Crippen molar-refractivity contribution in [3.63, 3.8) is 0 Å². The summed E-state index contributed by atoms with van der Waals surface area (Å²) in [5.41, 5.74) is 0.129. The van der Waals surface area contributed by atoms with E-state index in [9.17, 15) is 9.18 Å². The summed E-state index contributed by atoms with van der Waals surface area (Å²) in [5.74, 6) is 0.760. The Morgan fingerprint density at radius 1 is 1.36 bits per heavy atom. The fraction of sp³-hybridized carbons (Fsp3) is 0.471. The van der Waals surface area contributed by atoms with E-state index >= 15 is 0 Å². The third-order valence-corrected chi connectivity index (χ3v) is 5.68. The van der Waals surface area contributed by atoms with Crippen LogP contribution in [0, 0.1) is 5.82 Å². The number of carbonyl (C=O) groups is 1. The fourth-order valence-electron chi connectivity index (χ4n) is 2.70. The Balaban J connectivity index is 1.46. The Morgan fingerprint density at radius 2 is 2.12 bits per heavy atom. The van der Waals surface area contributed by atoms with Gasteiger partial charge in [0.15, 0.2) is 5.16 Å². The standard InChI is InChI=1S/C17H18ClFN4OS/c1-9(16(24)20-14-7-4-11(18)8-13(14)19)25-17-22-21-15(10-2-3-10)23(17)12-5-6-12/h4,7-10,12H,2-3,5-6H2,1H3,(H,20,24)/t9-/m0/s1. The number of thioether (sulfide) groups is 1. The Kier molecular flexibility index (Phi) is 4.45. The van der Waals surface area contributed by atoms with Crippen molar-refractivity contribution < 1.29 is 9.18 Å². The quantitative estimate of drug-likeness (QED) is 0.754. The maximum Gasteiger partial charge on any atom is 0.237 e. The van der Waals surface area contributed by atoms with E-state index in [1.165, 1.54) is 36.7 Å². The molecule has 2 aliphatic rings. The van der Waals surface area contributed by atoms with Gasteiger partial charge in [-0.3, -0.25) is 4.79 Å². The van der Waals surface area contributed by atoms with Gasteiger partial charge in [0.05, 0.1) is 10.9 Å². The molecule has 2 aliphatic carbocycles. The molecule has 1 N–H and O–H groups in total. The Labute approximate surface area is 154 Å². The second kappa shape index (κ2) is 6.61. The lowest BCUT2D eigenvalue weighted by Gasteiger charge is -2.13. The maximum atomic E-state index is 13.8. The van der Waals surface area contributed by atoms with Crippen LogP contribution in [-0.4, -0.2) is 25.9 Å². The summed E-state index contributed by atoms with van der Waals surface area (Å²) in [6, 6.07) is 4.66. The minimum absolute atomic E-state index is 0.129. The molecule has 5 nitrogen and oxygen atoms in total. The van der Waals surface area contributed by atoms with Gasteiger partial charge in [0, 0.05) is 17.0 Å². The first-order valence-corrected chi connectivity index (χ1v) is 9.66. The second-order valence-electron chi connectivity index (χ2n) is 6.59. The highest BCUT2D eigenvalue weighted by Crippen LogP contribution is 2.46. The number of hydrogen-bond donors (Lipinski definition) is 1. The van der Waals surface area contributed by atoms with Crippen LogP contribution in [0.4, 0.5) is 10.1 Å². The lowest BCUT2D eigenvalue weighted by molar-refractivity contribution is -0.115. The van der Waals surface area contributed by atoms with Crippen molar-refractivity contribution in [1.82, 2.24) is 14.8 Å². The van der Waals surface area contributed by atoms with E-state index in [4.69, 9.17) is 11.6 Å². The summed E-state index contributed by atoms with van der Waals surface area (Å²) in [6.45, 7) is 1.79. The van der Waals surface area contributed by atoms with Crippen LogP contribution in [0.2, 0.25) is 5.02 Å². The molecule has 2 aromatic rings. The lowest BCUT2D eigenvalue weighted by atomic mass is 10.3. The normalized spacial score (nSPS) is 18.2. The highest BCUT2D eigenvalue weighted by atomic mass is 35.5. The molecule has 0 radical (unpaired) electrons. The zero-order valence-electron chi connectivity index (χ0n) is 13.7. The molecule has 132 valence electrons. The largest absolute Gasteiger partial charge is 0.323 e. The Bertz CT molecular complexity index is 819. The number of benzene rings is 1. The molecular formula is C17H18ClFN4OS. The molecule has 4 rings (SSSR count). The van der Waals surface area contributed by atoms with E-state index in [0.717, 1.165) is 23.8 Å². The SMILES string of the molecule is C[C@H](Sc1nnc(C2CC2)n1C1CC1)C(=O)Nc1ccc(Cl)cc1F. The first-order valence-electron chi connectivity index (χ1n) is 8.40. The maximum absolute atomic E-state index is 13.8. The summed E-state index contributed by atoms with van der Waals surface area (Å²) in [7, 11) is 0. The predicted molar refractivity (Wildman–Crippen MR) is 95.6 cm³/mol. The number of rotatable bonds is 6. The van der Waals surface area contributed by atoms with Crippen LogP contribution in [0.3, 0.4) is 0 Å². The van der Waals surface area contributed by atoms with Crippen LogP contribution >= 0.6 is 23.4 Å².